The van der Waals surface area contributed by atoms with Gasteiger partial charge in [-0.1, -0.05) is 6.07 Å². The fourth-order valence-corrected chi connectivity index (χ4v) is 2.46. The maximum atomic E-state index is 13.3. The molecule has 1 aromatic heterocycles. The lowest BCUT2D eigenvalue weighted by atomic mass is 10.0. The van der Waals surface area contributed by atoms with Crippen molar-refractivity contribution in [1.82, 2.24) is 15.2 Å². The molecule has 0 saturated heterocycles. The molecule has 0 fully saturated rings. The first-order valence-electron chi connectivity index (χ1n) is 5.70. The first-order valence-corrected chi connectivity index (χ1v) is 6.50. The Labute approximate surface area is 117 Å². The Balaban J connectivity index is 2.49. The molecule has 0 aliphatic heterocycles. The van der Waals surface area contributed by atoms with Gasteiger partial charge in [-0.15, -0.1) is 0 Å². The molecule has 0 radical (unpaired) electrons. The normalized spacial score (nSPS) is 12.7. The lowest BCUT2D eigenvalue weighted by Gasteiger charge is -2.18. The lowest BCUT2D eigenvalue weighted by molar-refractivity contribution is 0.499. The van der Waals surface area contributed by atoms with Gasteiger partial charge in [0.1, 0.15) is 0 Å². The number of nitrogens with zero attached hydrogens (tertiary/aromatic N) is 2. The highest BCUT2D eigenvalue weighted by atomic mass is 79.9. The zero-order valence-electron chi connectivity index (χ0n) is 10.2. The van der Waals surface area contributed by atoms with Crippen molar-refractivity contribution in [2.75, 3.05) is 0 Å². The molecular formula is C12H13BrF2N4. The van der Waals surface area contributed by atoms with Crippen molar-refractivity contribution >= 4 is 15.9 Å². The summed E-state index contributed by atoms with van der Waals surface area (Å²) < 4.78 is 28.8. The lowest BCUT2D eigenvalue weighted by Crippen LogP contribution is -2.31. The maximum Gasteiger partial charge on any atom is 0.159 e. The first-order chi connectivity index (χ1) is 9.08. The zero-order valence-corrected chi connectivity index (χ0v) is 11.8. The summed E-state index contributed by atoms with van der Waals surface area (Å²) in [7, 11) is 0. The summed E-state index contributed by atoms with van der Waals surface area (Å²) in [6.45, 7) is 2.57. The minimum atomic E-state index is -0.906. The van der Waals surface area contributed by atoms with Crippen LogP contribution >= 0.6 is 15.9 Å². The van der Waals surface area contributed by atoms with E-state index in [1.807, 2.05) is 6.92 Å². The first kappa shape index (κ1) is 14.1. The van der Waals surface area contributed by atoms with Gasteiger partial charge in [-0.3, -0.25) is 10.5 Å². The third kappa shape index (κ3) is 2.68. The minimum absolute atomic E-state index is 0.480. The van der Waals surface area contributed by atoms with Gasteiger partial charge in [0.15, 0.2) is 11.6 Å². The molecular weight excluding hydrogens is 318 g/mol. The van der Waals surface area contributed by atoms with Crippen molar-refractivity contribution in [3.8, 4) is 0 Å². The Morgan fingerprint density at radius 1 is 1.42 bits per heavy atom. The third-order valence-electron chi connectivity index (χ3n) is 2.85. The SMILES string of the molecule is CCn1ncc(Br)c1C(NN)c1ccc(F)c(F)c1. The number of rotatable bonds is 4. The molecule has 0 bridgehead atoms. The van der Waals surface area contributed by atoms with Crippen LogP contribution in [0.1, 0.15) is 24.2 Å². The standard InChI is InChI=1S/C12H13BrF2N4/c1-2-19-12(8(13)6-17-19)11(18-16)7-3-4-9(14)10(15)5-7/h3-6,11,18H,2,16H2,1H3. The van der Waals surface area contributed by atoms with Crippen LogP contribution < -0.4 is 11.3 Å². The van der Waals surface area contributed by atoms with Crippen molar-refractivity contribution in [3.63, 3.8) is 0 Å². The molecule has 2 rings (SSSR count). The van der Waals surface area contributed by atoms with Gasteiger partial charge in [0.05, 0.1) is 22.4 Å². The van der Waals surface area contributed by atoms with Crippen molar-refractivity contribution in [3.05, 3.63) is 51.8 Å². The van der Waals surface area contributed by atoms with Crippen molar-refractivity contribution in [2.45, 2.75) is 19.5 Å². The van der Waals surface area contributed by atoms with Crippen LogP contribution in [0.2, 0.25) is 0 Å². The van der Waals surface area contributed by atoms with Crippen LogP contribution in [-0.4, -0.2) is 9.78 Å². The molecule has 1 unspecified atom stereocenters. The smallest absolute Gasteiger partial charge is 0.159 e. The average molecular weight is 331 g/mol. The molecule has 19 heavy (non-hydrogen) atoms. The van der Waals surface area contributed by atoms with Crippen LogP contribution in [0.5, 0.6) is 0 Å². The minimum Gasteiger partial charge on any atom is -0.271 e. The Kier molecular flexibility index (Phi) is 4.28. The van der Waals surface area contributed by atoms with E-state index in [1.165, 1.54) is 6.07 Å². The highest BCUT2D eigenvalue weighted by Gasteiger charge is 2.21. The molecule has 7 heteroatoms. The van der Waals surface area contributed by atoms with Gasteiger partial charge in [0.25, 0.3) is 0 Å². The summed E-state index contributed by atoms with van der Waals surface area (Å²) in [5, 5.41) is 4.17. The quantitative estimate of drug-likeness (QED) is 0.669. The summed E-state index contributed by atoms with van der Waals surface area (Å²) in [6.07, 6.45) is 1.64. The second-order valence-corrected chi connectivity index (χ2v) is 4.82. The molecule has 0 amide bonds. The second-order valence-electron chi connectivity index (χ2n) is 3.97. The van der Waals surface area contributed by atoms with E-state index in [0.29, 0.717) is 12.1 Å². The van der Waals surface area contributed by atoms with Crippen molar-refractivity contribution in [1.29, 1.82) is 0 Å². The van der Waals surface area contributed by atoms with Crippen LogP contribution in [0.15, 0.2) is 28.9 Å². The van der Waals surface area contributed by atoms with Crippen LogP contribution in [0.4, 0.5) is 8.78 Å². The fourth-order valence-electron chi connectivity index (χ4n) is 1.94. The summed E-state index contributed by atoms with van der Waals surface area (Å²) in [5.41, 5.74) is 3.89. The van der Waals surface area contributed by atoms with Gasteiger partial charge in [0, 0.05) is 6.54 Å². The van der Waals surface area contributed by atoms with E-state index in [2.05, 4.69) is 26.5 Å². The van der Waals surface area contributed by atoms with E-state index in [9.17, 15) is 8.78 Å². The van der Waals surface area contributed by atoms with Gasteiger partial charge in [-0.05, 0) is 40.5 Å². The fraction of sp³-hybridized carbons (Fsp3) is 0.250. The third-order valence-corrected chi connectivity index (χ3v) is 3.46. The summed E-state index contributed by atoms with van der Waals surface area (Å²) in [4.78, 5) is 0. The molecule has 1 atom stereocenters. The Bertz CT molecular complexity index is 585. The zero-order chi connectivity index (χ0) is 14.0. The van der Waals surface area contributed by atoms with E-state index in [-0.39, 0.29) is 0 Å². The van der Waals surface area contributed by atoms with E-state index in [0.717, 1.165) is 22.3 Å². The highest BCUT2D eigenvalue weighted by Crippen LogP contribution is 2.28. The number of halogens is 3. The largest absolute Gasteiger partial charge is 0.271 e. The molecule has 0 aliphatic rings. The van der Waals surface area contributed by atoms with Crippen LogP contribution in [0.3, 0.4) is 0 Å². The maximum absolute atomic E-state index is 13.3. The van der Waals surface area contributed by atoms with E-state index in [1.54, 1.807) is 10.9 Å². The number of hydrogen-bond acceptors (Lipinski definition) is 3. The number of hydrazine groups is 1. The Morgan fingerprint density at radius 3 is 2.74 bits per heavy atom. The predicted octanol–water partition coefficient (Wildman–Crippen LogP) is 2.50. The van der Waals surface area contributed by atoms with E-state index >= 15 is 0 Å². The number of aryl methyl sites for hydroxylation is 1. The average Bonchev–Trinajstić information content (AvgIpc) is 2.76. The van der Waals surface area contributed by atoms with Crippen molar-refractivity contribution in [2.24, 2.45) is 5.84 Å². The Morgan fingerprint density at radius 2 is 2.16 bits per heavy atom. The van der Waals surface area contributed by atoms with Crippen LogP contribution in [0.25, 0.3) is 0 Å². The molecule has 0 aliphatic carbocycles. The molecule has 1 aromatic carbocycles. The monoisotopic (exact) mass is 330 g/mol. The number of nitrogens with one attached hydrogen (secondary N) is 1. The van der Waals surface area contributed by atoms with E-state index in [4.69, 9.17) is 5.84 Å². The predicted molar refractivity (Wildman–Crippen MR) is 71.1 cm³/mol. The molecule has 102 valence electrons. The van der Waals surface area contributed by atoms with Crippen LogP contribution in [0, 0.1) is 11.6 Å². The van der Waals surface area contributed by atoms with Crippen molar-refractivity contribution < 1.29 is 8.78 Å². The molecule has 1 heterocycles. The van der Waals surface area contributed by atoms with Crippen LogP contribution in [-0.2, 0) is 6.54 Å². The van der Waals surface area contributed by atoms with Gasteiger partial charge >= 0.3 is 0 Å². The summed E-state index contributed by atoms with van der Waals surface area (Å²) in [6, 6.07) is 3.21. The summed E-state index contributed by atoms with van der Waals surface area (Å²) >= 11 is 3.38. The van der Waals surface area contributed by atoms with Gasteiger partial charge in [-0.25, -0.2) is 14.2 Å². The van der Waals surface area contributed by atoms with Gasteiger partial charge in [-0.2, -0.15) is 5.10 Å². The van der Waals surface area contributed by atoms with Gasteiger partial charge < -0.3 is 0 Å². The number of aromatic nitrogens is 2. The molecule has 2 aromatic rings. The van der Waals surface area contributed by atoms with E-state index < -0.39 is 17.7 Å². The number of hydrogen-bond donors (Lipinski definition) is 2. The van der Waals surface area contributed by atoms with Gasteiger partial charge in [0.2, 0.25) is 0 Å². The molecule has 0 spiro atoms. The number of benzene rings is 1. The second kappa shape index (κ2) is 5.77. The summed E-state index contributed by atoms with van der Waals surface area (Å²) in [5.74, 6) is 3.76. The molecule has 3 N–H and O–H groups in total. The molecule has 4 nitrogen and oxygen atoms in total. The Hall–Kier alpha value is -1.31. The molecule has 0 saturated carbocycles. The number of nitrogens with two attached hydrogens (primary N) is 1. The highest BCUT2D eigenvalue weighted by molar-refractivity contribution is 9.10. The topological polar surface area (TPSA) is 55.9 Å².